The van der Waals surface area contributed by atoms with Crippen LogP contribution in [0.15, 0.2) is 18.2 Å². The van der Waals surface area contributed by atoms with E-state index in [2.05, 4.69) is 35.3 Å². The first-order valence-corrected chi connectivity index (χ1v) is 6.46. The summed E-state index contributed by atoms with van der Waals surface area (Å²) < 4.78 is 5.57. The maximum absolute atomic E-state index is 5.57. The zero-order chi connectivity index (χ0) is 11.7. The highest BCUT2D eigenvalue weighted by molar-refractivity contribution is 5.34. The van der Waals surface area contributed by atoms with Gasteiger partial charge in [0.25, 0.3) is 0 Å². The molecule has 2 heterocycles. The van der Waals surface area contributed by atoms with E-state index < -0.39 is 0 Å². The Morgan fingerprint density at radius 3 is 3.12 bits per heavy atom. The van der Waals surface area contributed by atoms with Crippen LogP contribution in [0.3, 0.4) is 0 Å². The molecule has 0 aromatic heterocycles. The second kappa shape index (κ2) is 4.77. The van der Waals surface area contributed by atoms with Gasteiger partial charge in [-0.1, -0.05) is 18.2 Å². The lowest BCUT2D eigenvalue weighted by atomic mass is 10.1. The van der Waals surface area contributed by atoms with Crippen molar-refractivity contribution in [2.45, 2.75) is 32.7 Å². The largest absolute Gasteiger partial charge is 0.376 e. The van der Waals surface area contributed by atoms with E-state index in [4.69, 9.17) is 4.74 Å². The van der Waals surface area contributed by atoms with E-state index in [0.717, 1.165) is 39.3 Å². The van der Waals surface area contributed by atoms with Crippen LogP contribution in [0, 0.1) is 0 Å². The molecule has 0 bridgehead atoms. The number of morpholine rings is 1. The van der Waals surface area contributed by atoms with E-state index in [1.165, 1.54) is 16.7 Å². The van der Waals surface area contributed by atoms with Crippen molar-refractivity contribution in [1.29, 1.82) is 0 Å². The van der Waals surface area contributed by atoms with E-state index in [1.807, 2.05) is 0 Å². The summed E-state index contributed by atoms with van der Waals surface area (Å²) >= 11 is 0. The van der Waals surface area contributed by atoms with Crippen molar-refractivity contribution in [3.8, 4) is 0 Å². The molecule has 3 heteroatoms. The van der Waals surface area contributed by atoms with Gasteiger partial charge < -0.3 is 10.1 Å². The lowest BCUT2D eigenvalue weighted by Crippen LogP contribution is -2.40. The van der Waals surface area contributed by atoms with Crippen molar-refractivity contribution >= 4 is 0 Å². The second-order valence-electron chi connectivity index (χ2n) is 5.12. The van der Waals surface area contributed by atoms with Gasteiger partial charge in [0.05, 0.1) is 12.7 Å². The third-order valence-corrected chi connectivity index (χ3v) is 3.63. The first-order chi connectivity index (χ1) is 8.31. The average molecular weight is 232 g/mol. The van der Waals surface area contributed by atoms with Crippen LogP contribution in [0.1, 0.15) is 23.6 Å². The first-order valence-electron chi connectivity index (χ1n) is 6.46. The van der Waals surface area contributed by atoms with Gasteiger partial charge in [-0.2, -0.15) is 0 Å². The Hall–Kier alpha value is -0.900. The molecular formula is C14H20N2O. The number of ether oxygens (including phenoxy) is 1. The molecule has 0 amide bonds. The third-order valence-electron chi connectivity index (χ3n) is 3.63. The van der Waals surface area contributed by atoms with Gasteiger partial charge in [0.2, 0.25) is 0 Å². The lowest BCUT2D eigenvalue weighted by molar-refractivity contribution is -0.0212. The third kappa shape index (κ3) is 2.51. The Labute approximate surface area is 103 Å². The molecule has 1 saturated heterocycles. The van der Waals surface area contributed by atoms with E-state index in [0.29, 0.717) is 6.10 Å². The summed E-state index contributed by atoms with van der Waals surface area (Å²) in [4.78, 5) is 2.48. The van der Waals surface area contributed by atoms with Gasteiger partial charge in [-0.05, 0) is 23.6 Å². The topological polar surface area (TPSA) is 24.5 Å². The average Bonchev–Trinajstić information content (AvgIpc) is 2.76. The van der Waals surface area contributed by atoms with Gasteiger partial charge in [0, 0.05) is 32.7 Å². The highest BCUT2D eigenvalue weighted by atomic mass is 16.5. The predicted molar refractivity (Wildman–Crippen MR) is 67.7 cm³/mol. The predicted octanol–water partition coefficient (Wildman–Crippen LogP) is 1.51. The van der Waals surface area contributed by atoms with Crippen LogP contribution >= 0.6 is 0 Å². The van der Waals surface area contributed by atoms with E-state index in [1.54, 1.807) is 0 Å². The van der Waals surface area contributed by atoms with Crippen LogP contribution in [0.25, 0.3) is 0 Å². The minimum atomic E-state index is 0.375. The Morgan fingerprint density at radius 1 is 1.35 bits per heavy atom. The molecule has 1 unspecified atom stereocenters. The summed E-state index contributed by atoms with van der Waals surface area (Å²) in [5.41, 5.74) is 4.37. The van der Waals surface area contributed by atoms with Crippen LogP contribution < -0.4 is 5.32 Å². The number of rotatable bonds is 2. The monoisotopic (exact) mass is 232 g/mol. The number of hydrogen-bond donors (Lipinski definition) is 1. The summed E-state index contributed by atoms with van der Waals surface area (Å²) in [7, 11) is 0. The van der Waals surface area contributed by atoms with Crippen LogP contribution in [-0.2, 0) is 24.4 Å². The summed E-state index contributed by atoms with van der Waals surface area (Å²) in [6, 6.07) is 6.90. The summed E-state index contributed by atoms with van der Waals surface area (Å²) in [6.07, 6.45) is 0.375. The second-order valence-corrected chi connectivity index (χ2v) is 5.12. The van der Waals surface area contributed by atoms with E-state index in [9.17, 15) is 0 Å². The van der Waals surface area contributed by atoms with Gasteiger partial charge in [-0.15, -0.1) is 0 Å². The minimum Gasteiger partial charge on any atom is -0.376 e. The molecule has 3 nitrogen and oxygen atoms in total. The number of fused-ring (bicyclic) bond motifs is 1. The minimum absolute atomic E-state index is 0.375. The molecular weight excluding hydrogens is 212 g/mol. The zero-order valence-electron chi connectivity index (χ0n) is 10.4. The van der Waals surface area contributed by atoms with Crippen molar-refractivity contribution in [2.24, 2.45) is 0 Å². The van der Waals surface area contributed by atoms with Crippen molar-refractivity contribution in [1.82, 2.24) is 10.2 Å². The number of nitrogens with one attached hydrogen (secondary N) is 1. The molecule has 17 heavy (non-hydrogen) atoms. The molecule has 0 saturated carbocycles. The first kappa shape index (κ1) is 11.2. The maximum atomic E-state index is 5.57. The van der Waals surface area contributed by atoms with Crippen molar-refractivity contribution in [2.75, 3.05) is 19.7 Å². The molecule has 0 radical (unpaired) electrons. The molecule has 0 aliphatic carbocycles. The molecule has 1 N–H and O–H groups in total. The fourth-order valence-electron chi connectivity index (χ4n) is 2.74. The van der Waals surface area contributed by atoms with Crippen LogP contribution in [0.5, 0.6) is 0 Å². The normalized spacial score (nSPS) is 24.9. The molecule has 1 fully saturated rings. The van der Waals surface area contributed by atoms with Crippen LogP contribution in [0.4, 0.5) is 0 Å². The Balaban J connectivity index is 1.68. The SMILES string of the molecule is CC1CN(Cc2ccc3c(c2)CNC3)CCO1. The van der Waals surface area contributed by atoms with Gasteiger partial charge >= 0.3 is 0 Å². The Kier molecular flexibility index (Phi) is 3.14. The molecule has 2 aliphatic heterocycles. The molecule has 1 aromatic rings. The smallest absolute Gasteiger partial charge is 0.0674 e. The van der Waals surface area contributed by atoms with Gasteiger partial charge in [0.15, 0.2) is 0 Å². The molecule has 0 spiro atoms. The molecule has 2 aliphatic rings. The van der Waals surface area contributed by atoms with Crippen LogP contribution in [0.2, 0.25) is 0 Å². The maximum Gasteiger partial charge on any atom is 0.0674 e. The van der Waals surface area contributed by atoms with Crippen molar-refractivity contribution < 1.29 is 4.74 Å². The Bertz CT molecular complexity index is 405. The fourth-order valence-corrected chi connectivity index (χ4v) is 2.74. The van der Waals surface area contributed by atoms with Crippen molar-refractivity contribution in [3.05, 3.63) is 34.9 Å². The highest BCUT2D eigenvalue weighted by Crippen LogP contribution is 2.18. The number of hydrogen-bond acceptors (Lipinski definition) is 3. The standard InChI is InChI=1S/C14H20N2O/c1-11-9-16(4-5-17-11)10-12-2-3-13-7-15-8-14(13)6-12/h2-3,6,11,15H,4-5,7-10H2,1H3. The van der Waals surface area contributed by atoms with Crippen molar-refractivity contribution in [3.63, 3.8) is 0 Å². The summed E-state index contributed by atoms with van der Waals surface area (Å²) in [6.45, 7) is 8.25. The quantitative estimate of drug-likeness (QED) is 0.836. The molecule has 3 rings (SSSR count). The lowest BCUT2D eigenvalue weighted by Gasteiger charge is -2.31. The molecule has 1 aromatic carbocycles. The summed E-state index contributed by atoms with van der Waals surface area (Å²) in [5.74, 6) is 0. The highest BCUT2D eigenvalue weighted by Gasteiger charge is 2.17. The van der Waals surface area contributed by atoms with E-state index >= 15 is 0 Å². The summed E-state index contributed by atoms with van der Waals surface area (Å²) in [5, 5.41) is 3.39. The Morgan fingerprint density at radius 2 is 2.24 bits per heavy atom. The molecule has 1 atom stereocenters. The number of benzene rings is 1. The van der Waals surface area contributed by atoms with Gasteiger partial charge in [-0.3, -0.25) is 4.90 Å². The number of nitrogens with zero attached hydrogens (tertiary/aromatic N) is 1. The van der Waals surface area contributed by atoms with E-state index in [-0.39, 0.29) is 0 Å². The molecule has 92 valence electrons. The van der Waals surface area contributed by atoms with Gasteiger partial charge in [0.1, 0.15) is 0 Å². The zero-order valence-corrected chi connectivity index (χ0v) is 10.4. The van der Waals surface area contributed by atoms with Crippen LogP contribution in [-0.4, -0.2) is 30.7 Å². The fraction of sp³-hybridized carbons (Fsp3) is 0.571. The van der Waals surface area contributed by atoms with Gasteiger partial charge in [-0.25, -0.2) is 0 Å².